The molecule has 0 saturated heterocycles. The van der Waals surface area contributed by atoms with E-state index in [-0.39, 0.29) is 21.9 Å². The molecule has 0 saturated carbocycles. The van der Waals surface area contributed by atoms with Gasteiger partial charge in [-0.2, -0.15) is 8.78 Å². The first kappa shape index (κ1) is 19.0. The van der Waals surface area contributed by atoms with Crippen molar-refractivity contribution in [2.45, 2.75) is 22.5 Å². The summed E-state index contributed by atoms with van der Waals surface area (Å²) in [5, 5.41) is 0. The summed E-state index contributed by atoms with van der Waals surface area (Å²) in [6, 6.07) is 9.22. The highest BCUT2D eigenvalue weighted by atomic mass is 32.2. The molecule has 0 aromatic heterocycles. The van der Waals surface area contributed by atoms with E-state index in [2.05, 4.69) is 4.72 Å². The Morgan fingerprint density at radius 3 is 2.08 bits per heavy atom. The molecular formula is C15H13F2NO5S2. The van der Waals surface area contributed by atoms with Crippen molar-refractivity contribution in [3.63, 3.8) is 0 Å². The summed E-state index contributed by atoms with van der Waals surface area (Å²) >= 11 is 0. The number of nitrogens with one attached hydrogen (secondary N) is 1. The zero-order chi connectivity index (χ0) is 18.8. The highest BCUT2D eigenvalue weighted by Gasteiger charge is 2.26. The normalized spacial score (nSPS) is 12.2. The van der Waals surface area contributed by atoms with Crippen LogP contribution in [0.15, 0.2) is 58.3 Å². The monoisotopic (exact) mass is 389 g/mol. The number of rotatable bonds is 6. The smallest absolute Gasteiger partial charge is 0.295 e. The molecule has 134 valence electrons. The number of carbonyl (C=O) groups is 1. The minimum atomic E-state index is -4.75. The van der Waals surface area contributed by atoms with E-state index < -0.39 is 30.5 Å². The Labute approximate surface area is 143 Å². The third-order valence-corrected chi connectivity index (χ3v) is 6.00. The Kier molecular flexibility index (Phi) is 5.23. The van der Waals surface area contributed by atoms with Crippen LogP contribution >= 0.6 is 0 Å². The van der Waals surface area contributed by atoms with Crippen LogP contribution in [-0.2, 0) is 19.9 Å². The van der Waals surface area contributed by atoms with Gasteiger partial charge >= 0.3 is 5.76 Å². The van der Waals surface area contributed by atoms with E-state index in [1.165, 1.54) is 31.2 Å². The topological polar surface area (TPSA) is 97.4 Å². The average Bonchev–Trinajstić information content (AvgIpc) is 2.55. The lowest BCUT2D eigenvalue weighted by Crippen LogP contribution is -2.14. The number of hydrogen-bond acceptors (Lipinski definition) is 5. The van der Waals surface area contributed by atoms with Gasteiger partial charge in [-0.25, -0.2) is 16.8 Å². The van der Waals surface area contributed by atoms with Crippen LogP contribution in [0.5, 0.6) is 0 Å². The molecule has 0 spiro atoms. The van der Waals surface area contributed by atoms with Crippen molar-refractivity contribution in [2.24, 2.45) is 0 Å². The summed E-state index contributed by atoms with van der Waals surface area (Å²) in [4.78, 5) is 10.6. The van der Waals surface area contributed by atoms with Gasteiger partial charge in [0.2, 0.25) is 9.84 Å². The van der Waals surface area contributed by atoms with Gasteiger partial charge in [0.05, 0.1) is 9.79 Å². The summed E-state index contributed by atoms with van der Waals surface area (Å²) in [6.07, 6.45) is 0. The lowest BCUT2D eigenvalue weighted by Gasteiger charge is -2.10. The predicted octanol–water partition coefficient (Wildman–Crippen LogP) is 2.69. The fourth-order valence-electron chi connectivity index (χ4n) is 1.91. The second-order valence-corrected chi connectivity index (χ2v) is 8.62. The van der Waals surface area contributed by atoms with Crippen LogP contribution in [0.4, 0.5) is 14.5 Å². The highest BCUT2D eigenvalue weighted by molar-refractivity contribution is 7.92. The van der Waals surface area contributed by atoms with E-state index in [1.807, 2.05) is 0 Å². The van der Waals surface area contributed by atoms with Crippen molar-refractivity contribution < 1.29 is 30.4 Å². The maximum atomic E-state index is 12.5. The number of Topliss-reactive ketones (excluding diaryl/α,β-unsaturated/α-hetero) is 1. The molecule has 0 radical (unpaired) electrons. The maximum absolute atomic E-state index is 12.5. The van der Waals surface area contributed by atoms with Crippen molar-refractivity contribution in [3.05, 3.63) is 54.1 Å². The summed E-state index contributed by atoms with van der Waals surface area (Å²) in [6.45, 7) is 1.29. The second kappa shape index (κ2) is 6.89. The molecule has 1 N–H and O–H groups in total. The number of benzene rings is 2. The number of carbonyl (C=O) groups excluding carboxylic acids is 1. The van der Waals surface area contributed by atoms with E-state index in [9.17, 15) is 30.4 Å². The molecule has 6 nitrogen and oxygen atoms in total. The molecule has 2 rings (SSSR count). The molecule has 0 unspecified atom stereocenters. The van der Waals surface area contributed by atoms with Crippen LogP contribution in [0.25, 0.3) is 0 Å². The lowest BCUT2D eigenvalue weighted by molar-refractivity contribution is 0.101. The quantitative estimate of drug-likeness (QED) is 0.766. The van der Waals surface area contributed by atoms with E-state index in [0.29, 0.717) is 0 Å². The molecule has 0 amide bonds. The molecule has 0 aliphatic heterocycles. The van der Waals surface area contributed by atoms with Crippen molar-refractivity contribution >= 4 is 31.3 Å². The largest absolute Gasteiger partial charge is 0.341 e. The zero-order valence-corrected chi connectivity index (χ0v) is 14.4. The third kappa shape index (κ3) is 4.20. The standard InChI is InChI=1S/C15H13F2NO5S2/c1-10(19)11-3-2-4-14(9-11)25(22,23)18-12-5-7-13(8-6-12)24(20,21)15(16)17/h2-9,15,18H,1H3. The van der Waals surface area contributed by atoms with Gasteiger partial charge in [0.1, 0.15) is 0 Å². The Hall–Kier alpha value is -2.33. The van der Waals surface area contributed by atoms with Crippen molar-refractivity contribution in [2.75, 3.05) is 4.72 Å². The van der Waals surface area contributed by atoms with Crippen LogP contribution < -0.4 is 4.72 Å². The molecule has 0 atom stereocenters. The summed E-state index contributed by atoms with van der Waals surface area (Å²) in [5.74, 6) is -3.87. The van der Waals surface area contributed by atoms with Crippen molar-refractivity contribution in [1.29, 1.82) is 0 Å². The van der Waals surface area contributed by atoms with Gasteiger partial charge in [0.25, 0.3) is 10.0 Å². The molecule has 0 fully saturated rings. The fraction of sp³-hybridized carbons (Fsp3) is 0.133. The highest BCUT2D eigenvalue weighted by Crippen LogP contribution is 2.22. The number of sulfone groups is 1. The van der Waals surface area contributed by atoms with E-state index in [1.54, 1.807) is 0 Å². The van der Waals surface area contributed by atoms with Crippen LogP contribution in [-0.4, -0.2) is 28.4 Å². The molecule has 0 bridgehead atoms. The van der Waals surface area contributed by atoms with Gasteiger partial charge in [0, 0.05) is 11.3 Å². The molecule has 0 heterocycles. The van der Waals surface area contributed by atoms with Gasteiger partial charge in [-0.3, -0.25) is 9.52 Å². The first-order valence-electron chi connectivity index (χ1n) is 6.80. The Morgan fingerprint density at radius 2 is 1.56 bits per heavy atom. The molecule has 2 aromatic rings. The second-order valence-electron chi connectivity index (χ2n) is 5.02. The number of alkyl halides is 2. The number of halogens is 2. The van der Waals surface area contributed by atoms with Gasteiger partial charge in [-0.1, -0.05) is 12.1 Å². The third-order valence-electron chi connectivity index (χ3n) is 3.22. The van der Waals surface area contributed by atoms with Gasteiger partial charge in [0.15, 0.2) is 5.78 Å². The molecule has 10 heteroatoms. The molecular weight excluding hydrogens is 376 g/mol. The summed E-state index contributed by atoms with van der Waals surface area (Å²) in [7, 11) is -8.79. The minimum Gasteiger partial charge on any atom is -0.295 e. The van der Waals surface area contributed by atoms with Crippen LogP contribution in [0.2, 0.25) is 0 Å². The van der Waals surface area contributed by atoms with Gasteiger partial charge < -0.3 is 0 Å². The van der Waals surface area contributed by atoms with Crippen LogP contribution in [0.1, 0.15) is 17.3 Å². The van der Waals surface area contributed by atoms with E-state index in [4.69, 9.17) is 0 Å². The summed E-state index contributed by atoms with van der Waals surface area (Å²) < 4.78 is 74.4. The van der Waals surface area contributed by atoms with E-state index >= 15 is 0 Å². The van der Waals surface area contributed by atoms with E-state index in [0.717, 1.165) is 24.3 Å². The molecule has 25 heavy (non-hydrogen) atoms. The van der Waals surface area contributed by atoms with Gasteiger partial charge in [-0.05, 0) is 43.3 Å². The number of sulfonamides is 1. The number of hydrogen-bond donors (Lipinski definition) is 1. The lowest BCUT2D eigenvalue weighted by atomic mass is 10.2. The number of ketones is 1. The predicted molar refractivity (Wildman–Crippen MR) is 86.9 cm³/mol. The fourth-order valence-corrected chi connectivity index (χ4v) is 3.74. The van der Waals surface area contributed by atoms with Crippen molar-refractivity contribution in [1.82, 2.24) is 0 Å². The Bertz CT molecular complexity index is 1000. The first-order chi connectivity index (χ1) is 11.5. The van der Waals surface area contributed by atoms with Crippen LogP contribution in [0, 0.1) is 0 Å². The molecule has 0 aliphatic carbocycles. The SMILES string of the molecule is CC(=O)c1cccc(S(=O)(=O)Nc2ccc(S(=O)(=O)C(F)F)cc2)c1. The number of anilines is 1. The first-order valence-corrected chi connectivity index (χ1v) is 9.83. The Balaban J connectivity index is 2.30. The van der Waals surface area contributed by atoms with Crippen molar-refractivity contribution in [3.8, 4) is 0 Å². The van der Waals surface area contributed by atoms with Gasteiger partial charge in [-0.15, -0.1) is 0 Å². The average molecular weight is 389 g/mol. The zero-order valence-electron chi connectivity index (χ0n) is 12.8. The minimum absolute atomic E-state index is 0.0126. The maximum Gasteiger partial charge on any atom is 0.341 e. The Morgan fingerprint density at radius 1 is 0.960 bits per heavy atom. The van der Waals surface area contributed by atoms with Crippen LogP contribution in [0.3, 0.4) is 0 Å². The summed E-state index contributed by atoms with van der Waals surface area (Å²) in [5.41, 5.74) is 0.197. The molecule has 0 aliphatic rings. The molecule has 2 aromatic carbocycles.